The summed E-state index contributed by atoms with van der Waals surface area (Å²) in [4.78, 5) is 24.8. The molecule has 0 saturated heterocycles. The fourth-order valence-electron chi connectivity index (χ4n) is 1.93. The normalized spacial score (nSPS) is 10.1. The number of anilines is 1. The van der Waals surface area contributed by atoms with Gasteiger partial charge in [0.05, 0.1) is 6.61 Å². The van der Waals surface area contributed by atoms with Crippen LogP contribution in [0.4, 0.5) is 5.82 Å². The fraction of sp³-hybridized carbons (Fsp3) is 0.188. The van der Waals surface area contributed by atoms with Gasteiger partial charge in [0.1, 0.15) is 5.82 Å². The van der Waals surface area contributed by atoms with Crippen molar-refractivity contribution in [2.24, 2.45) is 0 Å². The molecule has 5 nitrogen and oxygen atoms in total. The number of allylic oxidation sites excluding steroid dienone is 1. The van der Waals surface area contributed by atoms with Crippen LogP contribution >= 0.6 is 23.6 Å². The summed E-state index contributed by atoms with van der Waals surface area (Å²) in [5.74, 6) is -0.483. The van der Waals surface area contributed by atoms with Crippen molar-refractivity contribution in [3.05, 3.63) is 57.4 Å². The van der Waals surface area contributed by atoms with Crippen molar-refractivity contribution in [2.75, 3.05) is 11.9 Å². The van der Waals surface area contributed by atoms with Crippen LogP contribution in [0, 0.1) is 3.95 Å². The zero-order chi connectivity index (χ0) is 16.8. The third-order valence-electron chi connectivity index (χ3n) is 2.94. The number of rotatable bonds is 6. The van der Waals surface area contributed by atoms with E-state index in [2.05, 4.69) is 11.9 Å². The molecule has 1 aromatic heterocycles. The Hall–Kier alpha value is -2.25. The van der Waals surface area contributed by atoms with Gasteiger partial charge in [-0.15, -0.1) is 6.58 Å². The first-order chi connectivity index (χ1) is 11.1. The summed E-state index contributed by atoms with van der Waals surface area (Å²) in [5.41, 5.74) is 0.490. The second-order valence-electron chi connectivity index (χ2n) is 4.49. The van der Waals surface area contributed by atoms with Crippen molar-refractivity contribution >= 4 is 41.2 Å². The number of benzene rings is 1. The van der Waals surface area contributed by atoms with Crippen LogP contribution in [0.2, 0.25) is 0 Å². The van der Waals surface area contributed by atoms with Crippen molar-refractivity contribution in [1.82, 2.24) is 4.57 Å². The molecule has 1 N–H and O–H groups in total. The number of carbonyl (C=O) groups is 2. The Morgan fingerprint density at radius 1 is 1.39 bits per heavy atom. The molecule has 0 unspecified atom stereocenters. The molecule has 120 valence electrons. The molecule has 0 radical (unpaired) electrons. The summed E-state index contributed by atoms with van der Waals surface area (Å²) >= 11 is 6.38. The average Bonchev–Trinajstić information content (AvgIpc) is 2.85. The van der Waals surface area contributed by atoms with E-state index in [9.17, 15) is 9.59 Å². The fourth-order valence-corrected chi connectivity index (χ4v) is 3.19. The van der Waals surface area contributed by atoms with Gasteiger partial charge in [-0.2, -0.15) is 0 Å². The summed E-state index contributed by atoms with van der Waals surface area (Å²) in [6.45, 7) is 6.03. The summed E-state index contributed by atoms with van der Waals surface area (Å²) < 4.78 is 7.16. The highest BCUT2D eigenvalue weighted by Crippen LogP contribution is 2.26. The molecule has 0 atom stereocenters. The predicted octanol–water partition coefficient (Wildman–Crippen LogP) is 3.89. The minimum Gasteiger partial charge on any atom is -0.462 e. The number of carbonyl (C=O) groups excluding carboxylic acids is 2. The molecule has 2 rings (SSSR count). The van der Waals surface area contributed by atoms with E-state index >= 15 is 0 Å². The average molecular weight is 348 g/mol. The van der Waals surface area contributed by atoms with Gasteiger partial charge in [0.2, 0.25) is 0 Å². The summed E-state index contributed by atoms with van der Waals surface area (Å²) in [5, 5.41) is 2.76. The first-order valence-electron chi connectivity index (χ1n) is 6.96. The largest absolute Gasteiger partial charge is 0.462 e. The lowest BCUT2D eigenvalue weighted by molar-refractivity contribution is 0.0532. The van der Waals surface area contributed by atoms with Crippen LogP contribution < -0.4 is 5.32 Å². The molecular formula is C16H16N2O3S2. The van der Waals surface area contributed by atoms with E-state index < -0.39 is 5.97 Å². The van der Waals surface area contributed by atoms with Crippen LogP contribution in [0.5, 0.6) is 0 Å². The van der Waals surface area contributed by atoms with Crippen LogP contribution in [0.25, 0.3) is 0 Å². The van der Waals surface area contributed by atoms with Gasteiger partial charge in [0.15, 0.2) is 8.83 Å². The highest BCUT2D eigenvalue weighted by atomic mass is 32.1. The Bertz CT molecular complexity index is 778. The maximum atomic E-state index is 12.4. The van der Waals surface area contributed by atoms with E-state index in [0.717, 1.165) is 11.3 Å². The summed E-state index contributed by atoms with van der Waals surface area (Å²) in [6, 6.07) is 8.75. The monoisotopic (exact) mass is 348 g/mol. The number of thiazole rings is 1. The molecular weight excluding hydrogens is 332 g/mol. The first-order valence-corrected chi connectivity index (χ1v) is 8.19. The molecule has 0 aliphatic rings. The molecule has 0 saturated carbocycles. The number of aromatic nitrogens is 1. The van der Waals surface area contributed by atoms with E-state index in [4.69, 9.17) is 17.0 Å². The van der Waals surface area contributed by atoms with Crippen molar-refractivity contribution in [2.45, 2.75) is 13.5 Å². The van der Waals surface area contributed by atoms with Gasteiger partial charge in [-0.3, -0.25) is 4.79 Å². The van der Waals surface area contributed by atoms with Gasteiger partial charge in [0.25, 0.3) is 5.91 Å². The number of hydrogen-bond donors (Lipinski definition) is 1. The topological polar surface area (TPSA) is 60.3 Å². The Morgan fingerprint density at radius 2 is 2.09 bits per heavy atom. The minimum atomic E-state index is -0.505. The molecule has 0 spiro atoms. The first kappa shape index (κ1) is 17.1. The highest BCUT2D eigenvalue weighted by molar-refractivity contribution is 7.73. The number of nitrogens with one attached hydrogen (secondary N) is 1. The second-order valence-corrected chi connectivity index (χ2v) is 6.13. The van der Waals surface area contributed by atoms with Crippen LogP contribution in [-0.2, 0) is 11.3 Å². The van der Waals surface area contributed by atoms with Crippen molar-refractivity contribution < 1.29 is 14.3 Å². The molecule has 0 fully saturated rings. The van der Waals surface area contributed by atoms with E-state index in [1.54, 1.807) is 41.8 Å². The van der Waals surface area contributed by atoms with Gasteiger partial charge in [-0.05, 0) is 31.3 Å². The highest BCUT2D eigenvalue weighted by Gasteiger charge is 2.22. The maximum absolute atomic E-state index is 12.4. The molecule has 0 aliphatic heterocycles. The van der Waals surface area contributed by atoms with E-state index in [1.165, 1.54) is 0 Å². The van der Waals surface area contributed by atoms with E-state index in [1.807, 2.05) is 6.07 Å². The Labute approximate surface area is 143 Å². The summed E-state index contributed by atoms with van der Waals surface area (Å²) in [7, 11) is 0. The van der Waals surface area contributed by atoms with E-state index in [0.29, 0.717) is 21.9 Å². The number of ether oxygens (including phenoxy) is 1. The molecule has 7 heteroatoms. The number of nitrogens with zero attached hydrogens (tertiary/aromatic N) is 1. The smallest absolute Gasteiger partial charge is 0.352 e. The Balaban J connectivity index is 2.42. The van der Waals surface area contributed by atoms with Gasteiger partial charge in [0, 0.05) is 12.1 Å². The maximum Gasteiger partial charge on any atom is 0.352 e. The molecule has 1 amide bonds. The molecule has 0 aliphatic carbocycles. The quantitative estimate of drug-likeness (QED) is 0.489. The van der Waals surface area contributed by atoms with Crippen LogP contribution in [0.15, 0.2) is 43.0 Å². The van der Waals surface area contributed by atoms with Gasteiger partial charge >= 0.3 is 5.97 Å². The lowest BCUT2D eigenvalue weighted by Crippen LogP contribution is -2.18. The molecule has 2 aromatic rings. The van der Waals surface area contributed by atoms with Crippen LogP contribution in [-0.4, -0.2) is 23.1 Å². The number of hydrogen-bond acceptors (Lipinski definition) is 5. The van der Waals surface area contributed by atoms with Gasteiger partial charge < -0.3 is 14.6 Å². The zero-order valence-corrected chi connectivity index (χ0v) is 14.2. The molecule has 1 aromatic carbocycles. The standard InChI is InChI=1S/C16H16N2O3S2/c1-3-10-18-13(12(23-16(18)22)15(20)21-4-2)17-14(19)11-8-6-5-7-9-11/h3,5-9H,1,4,10H2,2H3,(H,17,19). The molecule has 0 bridgehead atoms. The van der Waals surface area contributed by atoms with Crippen molar-refractivity contribution in [1.29, 1.82) is 0 Å². The van der Waals surface area contributed by atoms with Crippen LogP contribution in [0.3, 0.4) is 0 Å². The second kappa shape index (κ2) is 7.85. The molecule has 1 heterocycles. The Kier molecular flexibility index (Phi) is 5.84. The number of esters is 1. The third kappa shape index (κ3) is 3.94. The third-order valence-corrected chi connectivity index (χ3v) is 4.36. The lowest BCUT2D eigenvalue weighted by Gasteiger charge is -2.10. The van der Waals surface area contributed by atoms with Crippen molar-refractivity contribution in [3.8, 4) is 0 Å². The van der Waals surface area contributed by atoms with Gasteiger partial charge in [-0.1, -0.05) is 35.6 Å². The molecule has 23 heavy (non-hydrogen) atoms. The SMILES string of the molecule is C=CCn1c(NC(=O)c2ccccc2)c(C(=O)OCC)sc1=S. The van der Waals surface area contributed by atoms with E-state index in [-0.39, 0.29) is 17.4 Å². The van der Waals surface area contributed by atoms with Crippen molar-refractivity contribution in [3.63, 3.8) is 0 Å². The summed E-state index contributed by atoms with van der Waals surface area (Å²) in [6.07, 6.45) is 1.65. The van der Waals surface area contributed by atoms with Crippen LogP contribution in [0.1, 0.15) is 27.0 Å². The Morgan fingerprint density at radius 3 is 2.70 bits per heavy atom. The predicted molar refractivity (Wildman–Crippen MR) is 93.7 cm³/mol. The lowest BCUT2D eigenvalue weighted by atomic mass is 10.2. The minimum absolute atomic E-state index is 0.247. The number of amides is 1. The van der Waals surface area contributed by atoms with Gasteiger partial charge in [-0.25, -0.2) is 4.79 Å². The zero-order valence-electron chi connectivity index (χ0n) is 12.6.